The Morgan fingerprint density at radius 1 is 0.638 bits per heavy atom. The van der Waals surface area contributed by atoms with Crippen LogP contribution in [0, 0.1) is 0 Å². The number of nitrogens with zero attached hydrogens (tertiary/aromatic N) is 4. The molecule has 1 aliphatic heterocycles. The van der Waals surface area contributed by atoms with E-state index in [-0.39, 0.29) is 0 Å². The molecule has 5 nitrogen and oxygen atoms in total. The first-order valence-electron chi connectivity index (χ1n) is 15.6. The van der Waals surface area contributed by atoms with Gasteiger partial charge in [-0.15, -0.1) is 0 Å². The van der Waals surface area contributed by atoms with Crippen molar-refractivity contribution in [3.8, 4) is 33.9 Å². The Balaban J connectivity index is 1.31. The Kier molecular flexibility index (Phi) is 6.02. The lowest BCUT2D eigenvalue weighted by Crippen LogP contribution is -2.32. The van der Waals surface area contributed by atoms with Gasteiger partial charge in [0.2, 0.25) is 0 Å². The van der Waals surface area contributed by atoms with Crippen molar-refractivity contribution in [2.24, 2.45) is 9.98 Å². The molecule has 1 atom stereocenters. The number of aliphatic imine (C=N–C) groups is 2. The van der Waals surface area contributed by atoms with Gasteiger partial charge in [0.15, 0.2) is 0 Å². The van der Waals surface area contributed by atoms with Crippen molar-refractivity contribution in [2.45, 2.75) is 12.3 Å². The highest BCUT2D eigenvalue weighted by Crippen LogP contribution is 2.62. The summed E-state index contributed by atoms with van der Waals surface area (Å²) in [6, 6.07) is 46.1. The second kappa shape index (κ2) is 10.4. The van der Waals surface area contributed by atoms with Crippen molar-refractivity contribution < 1.29 is 4.74 Å². The zero-order valence-electron chi connectivity index (χ0n) is 25.7. The van der Waals surface area contributed by atoms with E-state index in [1.54, 1.807) is 0 Å². The number of hydrogen-bond acceptors (Lipinski definition) is 5. The fraction of sp³-hybridized carbons (Fsp3) is 0.0476. The second-order valence-corrected chi connectivity index (χ2v) is 12.0. The summed E-state index contributed by atoms with van der Waals surface area (Å²) in [6.45, 7) is 5.78. The third-order valence-corrected chi connectivity index (χ3v) is 9.44. The largest absolute Gasteiger partial charge is 0.457 e. The average molecular weight is 605 g/mol. The predicted molar refractivity (Wildman–Crippen MR) is 190 cm³/mol. The zero-order chi connectivity index (χ0) is 31.5. The summed E-state index contributed by atoms with van der Waals surface area (Å²) < 4.78 is 6.66. The molecule has 1 unspecified atom stereocenters. The van der Waals surface area contributed by atoms with Crippen LogP contribution in [0.25, 0.3) is 33.4 Å². The minimum Gasteiger partial charge on any atom is -0.457 e. The molecule has 0 saturated carbocycles. The molecule has 0 amide bonds. The van der Waals surface area contributed by atoms with E-state index < -0.39 is 5.41 Å². The van der Waals surface area contributed by atoms with Gasteiger partial charge in [-0.25, -0.2) is 4.98 Å². The first-order valence-corrected chi connectivity index (χ1v) is 15.6. The van der Waals surface area contributed by atoms with Gasteiger partial charge < -0.3 is 4.74 Å². The van der Waals surface area contributed by atoms with Crippen molar-refractivity contribution in [2.75, 3.05) is 0 Å². The number of fused-ring (bicyclic) bond motifs is 10. The summed E-state index contributed by atoms with van der Waals surface area (Å²) in [4.78, 5) is 18.9. The summed E-state index contributed by atoms with van der Waals surface area (Å²) in [7, 11) is 0. The standard InChI is InChI=1S/C42H28N4O/c1-26(45-37-16-8-6-14-35(37)43-2)27-20-22-41-34(23-27)42(32-13-5-10-18-40(32)47-41)31-12-4-3-11-29(31)30-21-19-28(24-33(30)42)39-25-44-36-15-7-9-17-38(36)46-39/h3-25H,2H2,1H3/b45-26+. The number of aromatic nitrogens is 2. The number of benzene rings is 6. The van der Waals surface area contributed by atoms with Crippen molar-refractivity contribution in [1.82, 2.24) is 9.97 Å². The molecule has 222 valence electrons. The fourth-order valence-electron chi connectivity index (χ4n) is 7.32. The second-order valence-electron chi connectivity index (χ2n) is 12.0. The van der Waals surface area contributed by atoms with Gasteiger partial charge in [0.1, 0.15) is 11.5 Å². The highest BCUT2D eigenvalue weighted by atomic mass is 16.5. The number of rotatable bonds is 4. The predicted octanol–water partition coefficient (Wildman–Crippen LogP) is 10.2. The van der Waals surface area contributed by atoms with Crippen LogP contribution in [-0.4, -0.2) is 22.4 Å². The summed E-state index contributed by atoms with van der Waals surface area (Å²) in [5, 5.41) is 0. The van der Waals surface area contributed by atoms with Gasteiger partial charge in [-0.1, -0.05) is 78.9 Å². The average Bonchev–Trinajstić information content (AvgIpc) is 3.41. The van der Waals surface area contributed by atoms with Gasteiger partial charge >= 0.3 is 0 Å². The molecular formula is C42H28N4O. The molecule has 2 heterocycles. The van der Waals surface area contributed by atoms with Crippen LogP contribution in [0.4, 0.5) is 11.4 Å². The van der Waals surface area contributed by atoms with Crippen molar-refractivity contribution in [3.63, 3.8) is 0 Å². The number of hydrogen-bond donors (Lipinski definition) is 0. The van der Waals surface area contributed by atoms with Gasteiger partial charge in [-0.3, -0.25) is 15.0 Å². The van der Waals surface area contributed by atoms with E-state index in [9.17, 15) is 0 Å². The molecule has 1 aliphatic carbocycles. The van der Waals surface area contributed by atoms with E-state index in [1.807, 2.05) is 67.7 Å². The molecule has 9 rings (SSSR count). The van der Waals surface area contributed by atoms with Crippen LogP contribution in [0.2, 0.25) is 0 Å². The molecule has 0 N–H and O–H groups in total. The van der Waals surface area contributed by atoms with Crippen molar-refractivity contribution in [1.29, 1.82) is 0 Å². The summed E-state index contributed by atoms with van der Waals surface area (Å²) in [5.74, 6) is 1.68. The minimum atomic E-state index is -0.632. The molecule has 2 aliphatic rings. The van der Waals surface area contributed by atoms with Crippen molar-refractivity contribution >= 4 is 34.8 Å². The normalized spacial score (nSPS) is 15.8. The Labute approximate surface area is 272 Å². The van der Waals surface area contributed by atoms with Gasteiger partial charge in [-0.05, 0) is 96.1 Å². The Morgan fingerprint density at radius 2 is 1.34 bits per heavy atom. The van der Waals surface area contributed by atoms with Crippen LogP contribution in [0.5, 0.6) is 11.5 Å². The SMILES string of the molecule is C=Nc1ccccc1/N=C(\C)c1ccc2c(c1)C1(c3ccccc3O2)c2ccccc2-c2ccc(-c3cnc4ccccc4n3)cc21. The zero-order valence-corrected chi connectivity index (χ0v) is 25.7. The van der Waals surface area contributed by atoms with Crippen LogP contribution in [0.1, 0.15) is 34.7 Å². The maximum Gasteiger partial charge on any atom is 0.132 e. The molecule has 1 aromatic heterocycles. The molecule has 7 aromatic rings. The third kappa shape index (κ3) is 4.03. The number of para-hydroxylation sites is 5. The number of ether oxygens (including phenoxy) is 1. The molecule has 0 fully saturated rings. The van der Waals surface area contributed by atoms with Gasteiger partial charge in [0, 0.05) is 22.4 Å². The maximum absolute atomic E-state index is 6.66. The van der Waals surface area contributed by atoms with Gasteiger partial charge in [-0.2, -0.15) is 0 Å². The van der Waals surface area contributed by atoms with Crippen LogP contribution in [0.3, 0.4) is 0 Å². The Bertz CT molecular complexity index is 2450. The Hall–Kier alpha value is -6.20. The smallest absolute Gasteiger partial charge is 0.132 e. The molecule has 1 spiro atoms. The lowest BCUT2D eigenvalue weighted by Gasteiger charge is -2.39. The summed E-state index contributed by atoms with van der Waals surface area (Å²) in [6.07, 6.45) is 1.87. The molecule has 0 bridgehead atoms. The van der Waals surface area contributed by atoms with E-state index in [2.05, 4.69) is 90.6 Å². The lowest BCUT2D eigenvalue weighted by molar-refractivity contribution is 0.436. The van der Waals surface area contributed by atoms with E-state index in [1.165, 1.54) is 22.3 Å². The fourth-order valence-corrected chi connectivity index (χ4v) is 7.32. The first kappa shape index (κ1) is 27.1. The topological polar surface area (TPSA) is 59.7 Å². The van der Waals surface area contributed by atoms with Gasteiger partial charge in [0.05, 0.1) is 39.7 Å². The first-order chi connectivity index (χ1) is 23.1. The van der Waals surface area contributed by atoms with E-state index >= 15 is 0 Å². The van der Waals surface area contributed by atoms with E-state index in [4.69, 9.17) is 19.7 Å². The van der Waals surface area contributed by atoms with Crippen LogP contribution in [-0.2, 0) is 5.41 Å². The maximum atomic E-state index is 6.66. The van der Waals surface area contributed by atoms with Crippen molar-refractivity contribution in [3.05, 3.63) is 167 Å². The minimum absolute atomic E-state index is 0.632. The molecule has 6 aromatic carbocycles. The van der Waals surface area contributed by atoms with Crippen LogP contribution < -0.4 is 4.74 Å². The third-order valence-electron chi connectivity index (χ3n) is 9.44. The van der Waals surface area contributed by atoms with E-state index in [0.29, 0.717) is 0 Å². The van der Waals surface area contributed by atoms with E-state index in [0.717, 1.165) is 67.6 Å². The van der Waals surface area contributed by atoms with Crippen LogP contribution >= 0.6 is 0 Å². The highest BCUT2D eigenvalue weighted by molar-refractivity contribution is 6.02. The Morgan fingerprint density at radius 3 is 2.21 bits per heavy atom. The quantitative estimate of drug-likeness (QED) is 0.188. The molecular weight excluding hydrogens is 576 g/mol. The van der Waals surface area contributed by atoms with Crippen LogP contribution in [0.15, 0.2) is 150 Å². The monoisotopic (exact) mass is 604 g/mol. The lowest BCUT2D eigenvalue weighted by atomic mass is 9.65. The summed E-state index contributed by atoms with van der Waals surface area (Å²) >= 11 is 0. The molecule has 5 heteroatoms. The molecule has 0 radical (unpaired) electrons. The highest BCUT2D eigenvalue weighted by Gasteiger charge is 2.51. The molecule has 0 saturated heterocycles. The molecule has 47 heavy (non-hydrogen) atoms. The van der Waals surface area contributed by atoms with Gasteiger partial charge in [0.25, 0.3) is 0 Å². The summed E-state index contributed by atoms with van der Waals surface area (Å²) in [5.41, 5.74) is 13.4.